The second-order valence-electron chi connectivity index (χ2n) is 5.00. The van der Waals surface area contributed by atoms with E-state index in [1.165, 1.54) is 19.3 Å². The van der Waals surface area contributed by atoms with Crippen LogP contribution in [0, 0.1) is 0 Å². The van der Waals surface area contributed by atoms with Crippen molar-refractivity contribution in [1.82, 2.24) is 10.0 Å². The molecule has 0 spiro atoms. The van der Waals surface area contributed by atoms with Gasteiger partial charge in [0.1, 0.15) is 0 Å². The Morgan fingerprint density at radius 2 is 1.75 bits per heavy atom. The number of unbranched alkanes of at least 4 members (excludes halogenated alkanes) is 1. The predicted octanol–water partition coefficient (Wildman–Crippen LogP) is 0.990. The topological polar surface area (TPSA) is 58.2 Å². The molecule has 0 amide bonds. The minimum absolute atomic E-state index is 0.231. The van der Waals surface area contributed by atoms with E-state index in [0.717, 1.165) is 38.3 Å². The van der Waals surface area contributed by atoms with Crippen molar-refractivity contribution >= 4 is 10.0 Å². The van der Waals surface area contributed by atoms with E-state index in [-0.39, 0.29) is 11.8 Å². The normalized spacial score (nSPS) is 22.0. The van der Waals surface area contributed by atoms with E-state index in [1.807, 2.05) is 0 Å². The highest BCUT2D eigenvalue weighted by Crippen LogP contribution is 2.19. The van der Waals surface area contributed by atoms with Crippen molar-refractivity contribution in [1.29, 1.82) is 0 Å². The molecule has 0 aromatic rings. The van der Waals surface area contributed by atoms with Crippen LogP contribution < -0.4 is 10.0 Å². The fourth-order valence-electron chi connectivity index (χ4n) is 1.85. The zero-order valence-corrected chi connectivity index (χ0v) is 10.6. The van der Waals surface area contributed by atoms with Crippen LogP contribution in [0.2, 0.25) is 0 Å². The highest BCUT2D eigenvalue weighted by molar-refractivity contribution is 7.89. The lowest BCUT2D eigenvalue weighted by Gasteiger charge is -2.26. The summed E-state index contributed by atoms with van der Waals surface area (Å²) in [5.74, 6) is 0.288. The zero-order valence-electron chi connectivity index (χ0n) is 9.74. The summed E-state index contributed by atoms with van der Waals surface area (Å²) < 4.78 is 26.0. The van der Waals surface area contributed by atoms with Crippen LogP contribution in [0.5, 0.6) is 0 Å². The maximum atomic E-state index is 11.6. The van der Waals surface area contributed by atoms with Crippen LogP contribution in [0.3, 0.4) is 0 Å². The summed E-state index contributed by atoms with van der Waals surface area (Å²) in [7, 11) is -3.00. The third kappa shape index (κ3) is 4.39. The fourth-order valence-corrected chi connectivity index (χ4v) is 3.30. The molecule has 2 saturated carbocycles. The number of nitrogens with one attached hydrogen (secondary N) is 2. The molecule has 0 saturated heterocycles. The van der Waals surface area contributed by atoms with Gasteiger partial charge in [-0.05, 0) is 45.1 Å². The van der Waals surface area contributed by atoms with Crippen molar-refractivity contribution in [2.24, 2.45) is 0 Å². The molecule has 4 nitrogen and oxygen atoms in total. The SMILES string of the molecule is O=S(=O)(CCCCNC1CC1)NC1CCC1. The van der Waals surface area contributed by atoms with Gasteiger partial charge in [0.05, 0.1) is 5.75 Å². The molecule has 0 aromatic heterocycles. The quantitative estimate of drug-likeness (QED) is 0.628. The van der Waals surface area contributed by atoms with Crippen LogP contribution in [0.4, 0.5) is 0 Å². The van der Waals surface area contributed by atoms with Crippen molar-refractivity contribution in [3.05, 3.63) is 0 Å². The van der Waals surface area contributed by atoms with Crippen LogP contribution in [0.15, 0.2) is 0 Å². The molecule has 2 aliphatic carbocycles. The third-order valence-electron chi connectivity index (χ3n) is 3.30. The standard InChI is InChI=1S/C11H22N2O2S/c14-16(15,13-11-4-3-5-11)9-2-1-8-12-10-6-7-10/h10-13H,1-9H2. The second-order valence-corrected chi connectivity index (χ2v) is 6.87. The highest BCUT2D eigenvalue weighted by Gasteiger charge is 2.23. The summed E-state index contributed by atoms with van der Waals surface area (Å²) >= 11 is 0. The van der Waals surface area contributed by atoms with Crippen LogP contribution in [0.25, 0.3) is 0 Å². The molecular formula is C11H22N2O2S. The summed E-state index contributed by atoms with van der Waals surface area (Å²) in [6.07, 6.45) is 7.51. The van der Waals surface area contributed by atoms with E-state index in [9.17, 15) is 8.42 Å². The number of sulfonamides is 1. The van der Waals surface area contributed by atoms with E-state index < -0.39 is 10.0 Å². The molecular weight excluding hydrogens is 224 g/mol. The summed E-state index contributed by atoms with van der Waals surface area (Å²) in [5, 5.41) is 3.39. The highest BCUT2D eigenvalue weighted by atomic mass is 32.2. The Labute approximate surface area is 98.2 Å². The van der Waals surface area contributed by atoms with Crippen molar-refractivity contribution in [2.45, 2.75) is 57.0 Å². The molecule has 0 aromatic carbocycles. The maximum Gasteiger partial charge on any atom is 0.211 e. The smallest absolute Gasteiger partial charge is 0.211 e. The second kappa shape index (κ2) is 5.47. The Bertz CT molecular complexity index is 308. The summed E-state index contributed by atoms with van der Waals surface area (Å²) in [5.41, 5.74) is 0. The number of hydrogen-bond donors (Lipinski definition) is 2. The Kier molecular flexibility index (Phi) is 4.21. The van der Waals surface area contributed by atoms with Gasteiger partial charge in [0.15, 0.2) is 0 Å². The average Bonchev–Trinajstić information content (AvgIpc) is 2.95. The van der Waals surface area contributed by atoms with Gasteiger partial charge in [-0.3, -0.25) is 0 Å². The van der Waals surface area contributed by atoms with E-state index in [4.69, 9.17) is 0 Å². The zero-order chi connectivity index (χ0) is 11.4. The van der Waals surface area contributed by atoms with Gasteiger partial charge >= 0.3 is 0 Å². The molecule has 2 N–H and O–H groups in total. The van der Waals surface area contributed by atoms with Gasteiger partial charge in [-0.1, -0.05) is 6.42 Å². The van der Waals surface area contributed by atoms with Gasteiger partial charge in [0.25, 0.3) is 0 Å². The van der Waals surface area contributed by atoms with Crippen LogP contribution in [0.1, 0.15) is 44.9 Å². The van der Waals surface area contributed by atoms with Gasteiger partial charge in [0.2, 0.25) is 10.0 Å². The lowest BCUT2D eigenvalue weighted by molar-refractivity contribution is 0.383. The van der Waals surface area contributed by atoms with E-state index in [2.05, 4.69) is 10.0 Å². The van der Waals surface area contributed by atoms with Crippen LogP contribution in [-0.4, -0.2) is 32.8 Å². The van der Waals surface area contributed by atoms with Crippen molar-refractivity contribution < 1.29 is 8.42 Å². The van der Waals surface area contributed by atoms with E-state index in [1.54, 1.807) is 0 Å². The molecule has 0 heterocycles. The van der Waals surface area contributed by atoms with E-state index in [0.29, 0.717) is 0 Å². The van der Waals surface area contributed by atoms with Gasteiger partial charge in [-0.25, -0.2) is 13.1 Å². The Morgan fingerprint density at radius 3 is 2.31 bits per heavy atom. The summed E-state index contributed by atoms with van der Waals surface area (Å²) in [4.78, 5) is 0. The third-order valence-corrected chi connectivity index (χ3v) is 4.82. The van der Waals surface area contributed by atoms with Crippen LogP contribution >= 0.6 is 0 Å². The first-order chi connectivity index (χ1) is 7.66. The Balaban J connectivity index is 1.52. The molecule has 2 aliphatic rings. The monoisotopic (exact) mass is 246 g/mol. The molecule has 16 heavy (non-hydrogen) atoms. The minimum atomic E-state index is -3.00. The Hall–Kier alpha value is -0.130. The number of hydrogen-bond acceptors (Lipinski definition) is 3. The van der Waals surface area contributed by atoms with Gasteiger partial charge in [0, 0.05) is 12.1 Å². The largest absolute Gasteiger partial charge is 0.314 e. The molecule has 2 rings (SSSR count). The summed E-state index contributed by atoms with van der Waals surface area (Å²) in [6, 6.07) is 0.958. The molecule has 94 valence electrons. The maximum absolute atomic E-state index is 11.6. The van der Waals surface area contributed by atoms with Gasteiger partial charge in [-0.2, -0.15) is 0 Å². The first-order valence-electron chi connectivity index (χ1n) is 6.39. The molecule has 0 bridgehead atoms. The molecule has 0 unspecified atom stereocenters. The minimum Gasteiger partial charge on any atom is -0.314 e. The molecule has 0 radical (unpaired) electrons. The van der Waals surface area contributed by atoms with Crippen molar-refractivity contribution in [3.63, 3.8) is 0 Å². The molecule has 2 fully saturated rings. The number of rotatable bonds is 8. The fraction of sp³-hybridized carbons (Fsp3) is 1.00. The Morgan fingerprint density at radius 1 is 1.00 bits per heavy atom. The first-order valence-corrected chi connectivity index (χ1v) is 8.04. The van der Waals surface area contributed by atoms with Gasteiger partial charge < -0.3 is 5.32 Å². The molecule has 0 aliphatic heterocycles. The lowest BCUT2D eigenvalue weighted by Crippen LogP contribution is -2.40. The average molecular weight is 246 g/mol. The van der Waals surface area contributed by atoms with Crippen molar-refractivity contribution in [2.75, 3.05) is 12.3 Å². The molecule has 0 atom stereocenters. The summed E-state index contributed by atoms with van der Waals surface area (Å²) in [6.45, 7) is 0.962. The van der Waals surface area contributed by atoms with E-state index >= 15 is 0 Å². The van der Waals surface area contributed by atoms with Gasteiger partial charge in [-0.15, -0.1) is 0 Å². The molecule has 5 heteroatoms. The first kappa shape index (κ1) is 12.3. The van der Waals surface area contributed by atoms with Crippen molar-refractivity contribution in [3.8, 4) is 0 Å². The lowest BCUT2D eigenvalue weighted by atomic mass is 9.94. The predicted molar refractivity (Wildman–Crippen MR) is 64.8 cm³/mol. The van der Waals surface area contributed by atoms with Crippen LogP contribution in [-0.2, 0) is 10.0 Å².